The normalized spacial score (nSPS) is 10.5. The Balaban J connectivity index is 2.58. The predicted molar refractivity (Wildman–Crippen MR) is 64.6 cm³/mol. The molecule has 0 fully saturated rings. The fourth-order valence-electron chi connectivity index (χ4n) is 1.48. The first-order valence-corrected chi connectivity index (χ1v) is 5.57. The van der Waals surface area contributed by atoms with Gasteiger partial charge in [0.05, 0.1) is 11.9 Å². The number of nitrogens with zero attached hydrogens (tertiary/aromatic N) is 2. The van der Waals surface area contributed by atoms with Crippen LogP contribution in [0.5, 0.6) is 5.75 Å². The second-order valence-electron chi connectivity index (χ2n) is 3.50. The van der Waals surface area contributed by atoms with E-state index in [0.29, 0.717) is 5.69 Å². The lowest BCUT2D eigenvalue weighted by Gasteiger charge is -2.06. The number of hydrogen-bond acceptors (Lipinski definition) is 3. The molecule has 0 aliphatic carbocycles. The molecule has 0 spiro atoms. The van der Waals surface area contributed by atoms with Gasteiger partial charge in [0.1, 0.15) is 0 Å². The molecule has 1 aromatic heterocycles. The van der Waals surface area contributed by atoms with Crippen LogP contribution in [0.3, 0.4) is 0 Å². The van der Waals surface area contributed by atoms with Crippen LogP contribution in [-0.4, -0.2) is 26.0 Å². The number of aromatic nitrogens is 2. The molecular weight excluding hydrogens is 288 g/mol. The molecule has 0 saturated carbocycles. The molecule has 1 aromatic carbocycles. The molecular formula is C11H9BrN2O3. The van der Waals surface area contributed by atoms with Gasteiger partial charge in [-0.3, -0.25) is 0 Å². The van der Waals surface area contributed by atoms with E-state index in [9.17, 15) is 9.90 Å². The Hall–Kier alpha value is -1.82. The summed E-state index contributed by atoms with van der Waals surface area (Å²) < 4.78 is 2.24. The van der Waals surface area contributed by atoms with E-state index in [0.717, 1.165) is 10.0 Å². The summed E-state index contributed by atoms with van der Waals surface area (Å²) in [5, 5.41) is 22.1. The minimum atomic E-state index is -1.26. The molecule has 0 aliphatic heterocycles. The molecule has 0 amide bonds. The van der Waals surface area contributed by atoms with Crippen LogP contribution < -0.4 is 0 Å². The van der Waals surface area contributed by atoms with Crippen molar-refractivity contribution in [2.45, 2.75) is 6.92 Å². The van der Waals surface area contributed by atoms with Crippen LogP contribution in [0.1, 0.15) is 16.1 Å². The van der Waals surface area contributed by atoms with Gasteiger partial charge in [0.25, 0.3) is 0 Å². The number of halogens is 1. The smallest absolute Gasteiger partial charge is 0.360 e. The first-order valence-electron chi connectivity index (χ1n) is 4.78. The van der Waals surface area contributed by atoms with Gasteiger partial charge >= 0.3 is 5.97 Å². The van der Waals surface area contributed by atoms with E-state index in [1.165, 1.54) is 10.9 Å². The zero-order valence-corrected chi connectivity index (χ0v) is 10.5. The molecule has 0 unspecified atom stereocenters. The maximum absolute atomic E-state index is 10.8. The summed E-state index contributed by atoms with van der Waals surface area (Å²) in [4.78, 5) is 10.8. The number of hydrogen-bond donors (Lipinski definition) is 2. The highest BCUT2D eigenvalue weighted by Gasteiger charge is 2.16. The molecule has 0 saturated heterocycles. The first kappa shape index (κ1) is 11.7. The van der Waals surface area contributed by atoms with Gasteiger partial charge in [-0.2, -0.15) is 5.10 Å². The SMILES string of the molecule is Cc1c(Br)cccc1-n1cc(O)c(C(=O)O)n1. The molecule has 0 radical (unpaired) electrons. The fourth-order valence-corrected chi connectivity index (χ4v) is 1.84. The summed E-state index contributed by atoms with van der Waals surface area (Å²) >= 11 is 3.38. The number of benzene rings is 1. The lowest BCUT2D eigenvalue weighted by atomic mass is 10.2. The number of carbonyl (C=O) groups is 1. The average Bonchev–Trinajstić information content (AvgIpc) is 2.64. The lowest BCUT2D eigenvalue weighted by Crippen LogP contribution is -2.02. The van der Waals surface area contributed by atoms with Crippen molar-refractivity contribution >= 4 is 21.9 Å². The fraction of sp³-hybridized carbons (Fsp3) is 0.0909. The van der Waals surface area contributed by atoms with Crippen molar-refractivity contribution in [3.8, 4) is 11.4 Å². The van der Waals surface area contributed by atoms with Crippen molar-refractivity contribution in [3.05, 3.63) is 40.1 Å². The Morgan fingerprint density at radius 1 is 1.47 bits per heavy atom. The van der Waals surface area contributed by atoms with E-state index in [1.807, 2.05) is 19.1 Å². The zero-order chi connectivity index (χ0) is 12.6. The Labute approximate surface area is 105 Å². The molecule has 88 valence electrons. The number of carboxylic acids is 1. The minimum Gasteiger partial charge on any atom is -0.504 e. The summed E-state index contributed by atoms with van der Waals surface area (Å²) in [7, 11) is 0. The van der Waals surface area contributed by atoms with Crippen molar-refractivity contribution in [1.29, 1.82) is 0 Å². The molecule has 0 atom stereocenters. The molecule has 5 nitrogen and oxygen atoms in total. The summed E-state index contributed by atoms with van der Waals surface area (Å²) in [6, 6.07) is 5.48. The van der Waals surface area contributed by atoms with Crippen LogP contribution in [-0.2, 0) is 0 Å². The van der Waals surface area contributed by atoms with Crippen LogP contribution in [0.4, 0.5) is 0 Å². The maximum Gasteiger partial charge on any atom is 0.360 e. The van der Waals surface area contributed by atoms with E-state index in [4.69, 9.17) is 5.11 Å². The van der Waals surface area contributed by atoms with Crippen molar-refractivity contribution in [2.24, 2.45) is 0 Å². The molecule has 2 rings (SSSR count). The number of aromatic carboxylic acids is 1. The highest BCUT2D eigenvalue weighted by atomic mass is 79.9. The van der Waals surface area contributed by atoms with E-state index in [-0.39, 0.29) is 11.4 Å². The third kappa shape index (κ3) is 2.03. The second-order valence-corrected chi connectivity index (χ2v) is 4.35. The van der Waals surface area contributed by atoms with Crippen molar-refractivity contribution in [3.63, 3.8) is 0 Å². The first-order chi connectivity index (χ1) is 8.00. The Morgan fingerprint density at radius 3 is 2.76 bits per heavy atom. The minimum absolute atomic E-state index is 0.350. The van der Waals surface area contributed by atoms with E-state index in [2.05, 4.69) is 21.0 Å². The number of rotatable bonds is 2. The molecule has 0 bridgehead atoms. The van der Waals surface area contributed by atoms with Crippen LogP contribution in [0.15, 0.2) is 28.9 Å². The zero-order valence-electron chi connectivity index (χ0n) is 8.88. The third-order valence-electron chi connectivity index (χ3n) is 2.38. The van der Waals surface area contributed by atoms with Gasteiger partial charge in [-0.15, -0.1) is 0 Å². The monoisotopic (exact) mass is 296 g/mol. The highest BCUT2D eigenvalue weighted by molar-refractivity contribution is 9.10. The topological polar surface area (TPSA) is 75.4 Å². The van der Waals surface area contributed by atoms with Crippen molar-refractivity contribution in [1.82, 2.24) is 9.78 Å². The van der Waals surface area contributed by atoms with Crippen LogP contribution in [0.2, 0.25) is 0 Å². The summed E-state index contributed by atoms with van der Waals surface area (Å²) in [5.74, 6) is -1.61. The molecule has 0 aliphatic rings. The largest absolute Gasteiger partial charge is 0.504 e. The lowest BCUT2D eigenvalue weighted by molar-refractivity contribution is 0.0687. The van der Waals surface area contributed by atoms with E-state index >= 15 is 0 Å². The molecule has 6 heteroatoms. The van der Waals surface area contributed by atoms with Gasteiger partial charge in [0, 0.05) is 4.47 Å². The summed E-state index contributed by atoms with van der Waals surface area (Å²) in [5.41, 5.74) is 1.26. The second kappa shape index (κ2) is 4.21. The van der Waals surface area contributed by atoms with Crippen molar-refractivity contribution in [2.75, 3.05) is 0 Å². The molecule has 17 heavy (non-hydrogen) atoms. The summed E-state index contributed by atoms with van der Waals surface area (Å²) in [6.07, 6.45) is 1.28. The quantitative estimate of drug-likeness (QED) is 0.892. The van der Waals surface area contributed by atoms with Gasteiger partial charge in [0.2, 0.25) is 5.69 Å². The third-order valence-corrected chi connectivity index (χ3v) is 3.24. The maximum atomic E-state index is 10.8. The van der Waals surface area contributed by atoms with E-state index in [1.54, 1.807) is 6.07 Å². The van der Waals surface area contributed by atoms with Gasteiger partial charge < -0.3 is 10.2 Å². The Bertz CT molecular complexity index is 592. The molecule has 1 heterocycles. The van der Waals surface area contributed by atoms with Crippen LogP contribution in [0, 0.1) is 6.92 Å². The summed E-state index contributed by atoms with van der Waals surface area (Å²) in [6.45, 7) is 1.87. The molecule has 2 aromatic rings. The van der Waals surface area contributed by atoms with Crippen LogP contribution >= 0.6 is 15.9 Å². The van der Waals surface area contributed by atoms with Crippen molar-refractivity contribution < 1.29 is 15.0 Å². The number of aromatic hydroxyl groups is 1. The van der Waals surface area contributed by atoms with Gasteiger partial charge in [-0.05, 0) is 24.6 Å². The Morgan fingerprint density at radius 2 is 2.18 bits per heavy atom. The van der Waals surface area contributed by atoms with Gasteiger partial charge in [-0.1, -0.05) is 22.0 Å². The Kier molecular flexibility index (Phi) is 2.89. The number of carboxylic acid groups (broad SMARTS) is 1. The standard InChI is InChI=1S/C11H9BrN2O3/c1-6-7(12)3-2-4-8(6)14-5-9(15)10(13-14)11(16)17/h2-5,15H,1H3,(H,16,17). The van der Waals surface area contributed by atoms with Gasteiger partial charge in [-0.25, -0.2) is 9.48 Å². The van der Waals surface area contributed by atoms with Crippen LogP contribution in [0.25, 0.3) is 5.69 Å². The highest BCUT2D eigenvalue weighted by Crippen LogP contribution is 2.24. The van der Waals surface area contributed by atoms with E-state index < -0.39 is 5.97 Å². The van der Waals surface area contributed by atoms with Gasteiger partial charge in [0.15, 0.2) is 5.75 Å². The predicted octanol–water partition coefficient (Wildman–Crippen LogP) is 2.35. The molecule has 2 N–H and O–H groups in total. The average molecular weight is 297 g/mol.